The lowest BCUT2D eigenvalue weighted by molar-refractivity contribution is 0.0675. The standard InChI is InChI=1S/C51H28O3/c52-49(39-24-18-34-13-10-28-4-1-7-31-16-22-37(39)46(34)43(28)31)51(54-42-27-21-36-15-12-30-6-3-9-33-20-26-41(42)48(36)45(30)33)50(53)40-25-19-35-14-11-29-5-2-8-32-17-23-38(40)47(35)44(29)32/h1-27,51H. The van der Waals surface area contributed by atoms with E-state index in [9.17, 15) is 0 Å². The molecular formula is C51H28O3. The van der Waals surface area contributed by atoms with E-state index in [1.165, 1.54) is 0 Å². The molecule has 0 aliphatic heterocycles. The summed E-state index contributed by atoms with van der Waals surface area (Å²) < 4.78 is 6.89. The topological polar surface area (TPSA) is 43.4 Å². The molecule has 3 nitrogen and oxygen atoms in total. The molecule has 0 radical (unpaired) electrons. The zero-order chi connectivity index (χ0) is 35.7. The Bertz CT molecular complexity index is 3310. The monoisotopic (exact) mass is 688 g/mol. The van der Waals surface area contributed by atoms with Crippen molar-refractivity contribution >= 4 is 109 Å². The maximum Gasteiger partial charge on any atom is 0.223 e. The number of ketones is 2. The van der Waals surface area contributed by atoms with Crippen molar-refractivity contribution in [2.75, 3.05) is 0 Å². The average Bonchev–Trinajstić information content (AvgIpc) is 3.22. The molecule has 12 aromatic carbocycles. The van der Waals surface area contributed by atoms with Crippen LogP contribution in [0.4, 0.5) is 0 Å². The maximum absolute atomic E-state index is 15.3. The number of ether oxygens (including phenoxy) is 1. The second kappa shape index (κ2) is 10.7. The summed E-state index contributed by atoms with van der Waals surface area (Å²) in [6.45, 7) is 0. The molecule has 0 heterocycles. The molecule has 0 saturated heterocycles. The highest BCUT2D eigenvalue weighted by molar-refractivity contribution is 6.33. The van der Waals surface area contributed by atoms with Gasteiger partial charge in [0.25, 0.3) is 0 Å². The van der Waals surface area contributed by atoms with Crippen molar-refractivity contribution in [1.29, 1.82) is 0 Å². The Labute approximate surface area is 308 Å². The molecule has 250 valence electrons. The number of Topliss-reactive ketones (excluding diaryl/α,β-unsaturated/α-hetero) is 2. The quantitative estimate of drug-likeness (QED) is 0.0992. The smallest absolute Gasteiger partial charge is 0.223 e. The summed E-state index contributed by atoms with van der Waals surface area (Å²) in [5, 5.41) is 18.9. The third-order valence-corrected chi connectivity index (χ3v) is 11.8. The van der Waals surface area contributed by atoms with Crippen molar-refractivity contribution in [3.63, 3.8) is 0 Å². The van der Waals surface area contributed by atoms with Gasteiger partial charge in [0, 0.05) is 21.9 Å². The van der Waals surface area contributed by atoms with E-state index in [1.54, 1.807) is 0 Å². The van der Waals surface area contributed by atoms with Gasteiger partial charge >= 0.3 is 0 Å². The van der Waals surface area contributed by atoms with Crippen molar-refractivity contribution < 1.29 is 14.3 Å². The van der Waals surface area contributed by atoms with Gasteiger partial charge in [-0.2, -0.15) is 0 Å². The average molecular weight is 689 g/mol. The predicted octanol–water partition coefficient (Wildman–Crippen LogP) is 12.9. The normalized spacial score (nSPS) is 12.4. The molecule has 0 amide bonds. The number of hydrogen-bond acceptors (Lipinski definition) is 3. The molecule has 12 rings (SSSR count). The van der Waals surface area contributed by atoms with Gasteiger partial charge in [0.1, 0.15) is 5.75 Å². The van der Waals surface area contributed by atoms with E-state index in [-0.39, 0.29) is 11.6 Å². The van der Waals surface area contributed by atoms with E-state index in [0.29, 0.717) is 16.9 Å². The molecule has 0 aromatic heterocycles. The minimum absolute atomic E-state index is 0.366. The van der Waals surface area contributed by atoms with Gasteiger partial charge in [-0.05, 0) is 110 Å². The van der Waals surface area contributed by atoms with E-state index in [2.05, 4.69) is 115 Å². The molecule has 0 aliphatic carbocycles. The highest BCUT2D eigenvalue weighted by Gasteiger charge is 2.34. The Morgan fingerprint density at radius 3 is 1.02 bits per heavy atom. The third-order valence-electron chi connectivity index (χ3n) is 11.8. The van der Waals surface area contributed by atoms with Gasteiger partial charge in [-0.15, -0.1) is 0 Å². The van der Waals surface area contributed by atoms with Gasteiger partial charge < -0.3 is 4.74 Å². The molecule has 0 aliphatic rings. The molecule has 0 atom stereocenters. The van der Waals surface area contributed by atoms with Gasteiger partial charge in [-0.25, -0.2) is 0 Å². The molecule has 3 heteroatoms. The van der Waals surface area contributed by atoms with E-state index < -0.39 is 6.10 Å². The number of benzene rings is 12. The van der Waals surface area contributed by atoms with Gasteiger partial charge in [0.15, 0.2) is 0 Å². The fourth-order valence-corrected chi connectivity index (χ4v) is 9.35. The highest BCUT2D eigenvalue weighted by atomic mass is 16.5. The third kappa shape index (κ3) is 3.96. The lowest BCUT2D eigenvalue weighted by atomic mass is 9.87. The van der Waals surface area contributed by atoms with Crippen molar-refractivity contribution in [2.24, 2.45) is 0 Å². The first-order chi connectivity index (χ1) is 26.6. The molecule has 0 unspecified atom stereocenters. The van der Waals surface area contributed by atoms with Crippen molar-refractivity contribution in [3.05, 3.63) is 175 Å². The molecule has 0 fully saturated rings. The molecule has 54 heavy (non-hydrogen) atoms. The Kier molecular flexibility index (Phi) is 5.85. The second-order valence-corrected chi connectivity index (χ2v) is 14.6. The first-order valence-electron chi connectivity index (χ1n) is 18.4. The lowest BCUT2D eigenvalue weighted by Crippen LogP contribution is -2.36. The fourth-order valence-electron chi connectivity index (χ4n) is 9.35. The number of carbonyl (C=O) groups is 2. The summed E-state index contributed by atoms with van der Waals surface area (Å²) in [5.74, 6) is -0.230. The van der Waals surface area contributed by atoms with Crippen LogP contribution in [0.3, 0.4) is 0 Å². The summed E-state index contributed by atoms with van der Waals surface area (Å²) in [6.07, 6.45) is -1.44. The van der Waals surface area contributed by atoms with Crippen LogP contribution >= 0.6 is 0 Å². The van der Waals surface area contributed by atoms with Crippen molar-refractivity contribution in [2.45, 2.75) is 6.10 Å². The fraction of sp³-hybridized carbons (Fsp3) is 0.0196. The Hall–Kier alpha value is -7.10. The molecule has 0 N–H and O–H groups in total. The lowest BCUT2D eigenvalue weighted by Gasteiger charge is -2.22. The summed E-state index contributed by atoms with van der Waals surface area (Å²) in [4.78, 5) is 30.6. The Morgan fingerprint density at radius 2 is 0.611 bits per heavy atom. The van der Waals surface area contributed by atoms with Crippen molar-refractivity contribution in [3.8, 4) is 5.75 Å². The van der Waals surface area contributed by atoms with Gasteiger partial charge in [-0.3, -0.25) is 9.59 Å². The SMILES string of the molecule is O=C(c1ccc2ccc3cccc4ccc1c2c34)C(Oc1ccc2ccc3cccc4ccc1c2c34)C(=O)c1ccc2ccc3cccc4ccc1c2c34. The van der Waals surface area contributed by atoms with Gasteiger partial charge in [-0.1, -0.05) is 140 Å². The molecule has 12 aromatic rings. The predicted molar refractivity (Wildman–Crippen MR) is 224 cm³/mol. The van der Waals surface area contributed by atoms with Gasteiger partial charge in [0.2, 0.25) is 17.7 Å². The van der Waals surface area contributed by atoms with E-state index in [0.717, 1.165) is 97.0 Å². The van der Waals surface area contributed by atoms with Crippen LogP contribution in [-0.4, -0.2) is 17.7 Å². The highest BCUT2D eigenvalue weighted by Crippen LogP contribution is 2.42. The summed E-state index contributed by atoms with van der Waals surface area (Å²) in [6, 6.07) is 55.5. The van der Waals surface area contributed by atoms with Crippen molar-refractivity contribution in [1.82, 2.24) is 0 Å². The minimum atomic E-state index is -1.44. The van der Waals surface area contributed by atoms with Crippen LogP contribution < -0.4 is 4.74 Å². The summed E-state index contributed by atoms with van der Waals surface area (Å²) >= 11 is 0. The van der Waals surface area contributed by atoms with E-state index >= 15 is 9.59 Å². The van der Waals surface area contributed by atoms with Crippen LogP contribution in [0.2, 0.25) is 0 Å². The van der Waals surface area contributed by atoms with E-state index in [4.69, 9.17) is 4.74 Å². The zero-order valence-corrected chi connectivity index (χ0v) is 28.9. The van der Waals surface area contributed by atoms with Crippen LogP contribution in [0.1, 0.15) is 20.7 Å². The molecule has 0 spiro atoms. The molecular weight excluding hydrogens is 661 g/mol. The minimum Gasteiger partial charge on any atom is -0.473 e. The number of carbonyl (C=O) groups excluding carboxylic acids is 2. The van der Waals surface area contributed by atoms with E-state index in [1.807, 2.05) is 48.5 Å². The maximum atomic E-state index is 15.3. The summed E-state index contributed by atoms with van der Waals surface area (Å²) in [7, 11) is 0. The Morgan fingerprint density at radius 1 is 0.315 bits per heavy atom. The summed E-state index contributed by atoms with van der Waals surface area (Å²) in [5.41, 5.74) is 0.934. The largest absolute Gasteiger partial charge is 0.473 e. The molecule has 0 saturated carbocycles. The van der Waals surface area contributed by atoms with Gasteiger partial charge in [0.05, 0.1) is 0 Å². The van der Waals surface area contributed by atoms with Crippen LogP contribution in [0.5, 0.6) is 5.75 Å². The number of hydrogen-bond donors (Lipinski definition) is 0. The Balaban J connectivity index is 1.09. The van der Waals surface area contributed by atoms with Crippen LogP contribution in [-0.2, 0) is 0 Å². The number of rotatable bonds is 6. The second-order valence-electron chi connectivity index (χ2n) is 14.6. The van der Waals surface area contributed by atoms with Crippen LogP contribution in [0.15, 0.2) is 164 Å². The first kappa shape index (κ1) is 29.5. The first-order valence-corrected chi connectivity index (χ1v) is 18.4. The zero-order valence-electron chi connectivity index (χ0n) is 28.9. The van der Waals surface area contributed by atoms with Crippen LogP contribution in [0, 0.1) is 0 Å². The molecule has 0 bridgehead atoms. The van der Waals surface area contributed by atoms with Crippen LogP contribution in [0.25, 0.3) is 97.0 Å².